The minimum absolute atomic E-state index is 0.507. The second-order valence-corrected chi connectivity index (χ2v) is 19.7. The van der Waals surface area contributed by atoms with E-state index in [-0.39, 0.29) is 0 Å². The van der Waals surface area contributed by atoms with Crippen LogP contribution in [0.25, 0.3) is 0 Å². The fourth-order valence-electron chi connectivity index (χ4n) is 5.18. The van der Waals surface area contributed by atoms with Crippen LogP contribution in [0, 0.1) is 0 Å². The van der Waals surface area contributed by atoms with Crippen LogP contribution in [-0.4, -0.2) is 255 Å². The molecule has 0 bridgehead atoms. The lowest BCUT2D eigenvalue weighted by molar-refractivity contribution is -0.327. The average molecular weight is 1150 g/mol. The summed E-state index contributed by atoms with van der Waals surface area (Å²) in [5.41, 5.74) is 0. The molecule has 4 rings (SSSR count). The van der Waals surface area contributed by atoms with Crippen LogP contribution in [0.3, 0.4) is 0 Å². The van der Waals surface area contributed by atoms with E-state index in [1.807, 2.05) is 0 Å². The maximum Gasteiger partial charge on any atom is 0.218 e. The second kappa shape index (κ2) is 26.5. The molecule has 3 saturated heterocycles. The summed E-state index contributed by atoms with van der Waals surface area (Å²) >= 11 is 0. The molecule has 414 valence electrons. The zero-order valence-electron chi connectivity index (χ0n) is 33.5. The summed E-state index contributed by atoms with van der Waals surface area (Å²) in [4.78, 5) is 20.6. The van der Waals surface area contributed by atoms with Gasteiger partial charge in [0.2, 0.25) is 41.6 Å². The fourth-order valence-corrected chi connectivity index (χ4v) is 7.89. The van der Waals surface area contributed by atoms with Crippen LogP contribution in [0.1, 0.15) is 0 Å². The fraction of sp³-hybridized carbons (Fsp3) is 0.833. The molecule has 4 aliphatic rings. The van der Waals surface area contributed by atoms with Gasteiger partial charge in [0.05, 0.1) is 44.5 Å². The Bertz CT molecular complexity index is 2450. The van der Waals surface area contributed by atoms with Crippen molar-refractivity contribution in [3.05, 3.63) is 11.8 Å². The van der Waals surface area contributed by atoms with E-state index in [0.29, 0.717) is 6.08 Å². The molecule has 46 heteroatoms. The van der Waals surface area contributed by atoms with E-state index in [1.54, 1.807) is 0 Å². The summed E-state index contributed by atoms with van der Waals surface area (Å²) in [5, 5.41) is 95.7. The monoisotopic (exact) mass is 1150 g/mol. The van der Waals surface area contributed by atoms with Gasteiger partial charge in [-0.05, 0) is 6.08 Å². The molecule has 40 nitrogen and oxygen atoms in total. The van der Waals surface area contributed by atoms with Gasteiger partial charge in [-0.1, -0.05) is 0 Å². The number of carboxylic acid groups (broad SMARTS) is 2. The van der Waals surface area contributed by atoms with Gasteiger partial charge in [-0.15, -0.1) is 0 Å². The molecule has 10 N–H and O–H groups in total. The van der Waals surface area contributed by atoms with Gasteiger partial charge < -0.3 is 107 Å². The van der Waals surface area contributed by atoms with Gasteiger partial charge in [0.15, 0.2) is 26.9 Å². The maximum absolute atomic E-state index is 10.5. The quantitative estimate of drug-likeness (QED) is 0.0507. The standard InChI is InChI=1S/C6H13NO11S2.C6H13NO10S2.C6H10O9S.C6H8O8S/c8-4-2(1-17-20(14,15)16)18-6(10)3(5(4)9)7-19(11,12)13;8-5-3(7-18(10,11)12)1-16-4(6(5)9)2-17-19(13,14)15;7-3-2(15-16(11,12)13)1-14-5(4(3)8)6(9)10;7-3-1-4(6(8)9)13-2-5(3)14-15(10,11)12/h2-10H,1H2,(H,11,12,13)(H,14,15,16);3-9H,1-2H2,(H,10,11,12)(H,13,14,15);2-5,7-8H,1H2,(H,9,10)(H,11,12,13);1,3,5,7H,2H2,(H,8,9)(H,10,11,12)/p-8/t2?,3?,4-,5+,6?;3?,4?,5-,6+;2?,3-,4-,5?;3-,5?/m1001/s1. The molecule has 8 unspecified atom stereocenters. The number of carbonyl (C=O) groups is 2. The molecule has 0 aromatic rings. The lowest BCUT2D eigenvalue weighted by Gasteiger charge is -2.41. The number of hydrogen-bond acceptors (Lipinski definition) is 38. The molecule has 0 aromatic carbocycles. The van der Waals surface area contributed by atoms with Gasteiger partial charge in [0.25, 0.3) is 0 Å². The third kappa shape index (κ3) is 24.8. The minimum atomic E-state index is -5.09. The highest BCUT2D eigenvalue weighted by atomic mass is 32.3. The van der Waals surface area contributed by atoms with E-state index in [1.165, 1.54) is 9.44 Å². The second-order valence-electron chi connectivity index (χ2n) is 13.3. The van der Waals surface area contributed by atoms with Crippen molar-refractivity contribution < 1.29 is 174 Å². The third-order valence-corrected chi connectivity index (χ3v) is 11.2. The van der Waals surface area contributed by atoms with Gasteiger partial charge >= 0.3 is 0 Å². The van der Waals surface area contributed by atoms with Crippen LogP contribution >= 0.6 is 0 Å². The number of nitrogens with one attached hydrogen (secondary N) is 2. The first-order valence-electron chi connectivity index (χ1n) is 17.5. The smallest absolute Gasteiger partial charge is 0.218 e. The summed E-state index contributed by atoms with van der Waals surface area (Å²) in [5.74, 6) is -4.06. The average Bonchev–Trinajstić information content (AvgIpc) is 3.16. The van der Waals surface area contributed by atoms with E-state index in [0.717, 1.165) is 0 Å². The Morgan fingerprint density at radius 3 is 1.47 bits per heavy atom. The summed E-state index contributed by atoms with van der Waals surface area (Å²) in [7, 11) is -30.1. The molecule has 0 aliphatic carbocycles. The number of carboxylic acids is 2. The summed E-state index contributed by atoms with van der Waals surface area (Å²) in [6.07, 6.45) is -22.0. The Hall–Kier alpha value is -2.74. The first-order chi connectivity index (χ1) is 31.4. The van der Waals surface area contributed by atoms with Gasteiger partial charge in [0, 0.05) is 0 Å². The predicted octanol–water partition coefficient (Wildman–Crippen LogP) is -16.1. The van der Waals surface area contributed by atoms with Crippen LogP contribution in [-0.2, 0) is 107 Å². The SMILES string of the molecule is O=C([O-])C1=C[C@@H](O)C(OS(=O)(=O)[O-])CO1.O=C([O-])C1OCC(OS(=O)(=O)[O-])[C@H](O)[C@@H]1O.O=S(=O)([O-])NC1C(O)OC(COS(=O)(=O)[O-])[C@@H](O)[C@H]1O.O=S(=O)([O-])NC1COC(COS(=O)(=O)[O-])[C@@H](O)[C@H]1O. The first kappa shape index (κ1) is 65.3. The molecule has 4 heterocycles. The highest BCUT2D eigenvalue weighted by molar-refractivity contribution is 7.84. The van der Waals surface area contributed by atoms with Crippen molar-refractivity contribution in [2.45, 2.75) is 91.6 Å². The molecule has 0 spiro atoms. The molecule has 4 aliphatic heterocycles. The zero-order chi connectivity index (χ0) is 54.7. The lowest BCUT2D eigenvalue weighted by atomic mass is 9.98. The van der Waals surface area contributed by atoms with Crippen molar-refractivity contribution in [3.63, 3.8) is 0 Å². The molecule has 3 fully saturated rings. The predicted molar refractivity (Wildman–Crippen MR) is 190 cm³/mol. The minimum Gasteiger partial charge on any atom is -0.735 e. The first-order valence-corrected chi connectivity index (χ1v) is 25.6. The Labute approximate surface area is 393 Å². The van der Waals surface area contributed by atoms with E-state index >= 15 is 0 Å². The summed E-state index contributed by atoms with van der Waals surface area (Å²) in [6, 6.07) is -3.26. The molecule has 0 aromatic heterocycles. The number of carbonyl (C=O) groups excluding carboxylic acids is 2. The highest BCUT2D eigenvalue weighted by Gasteiger charge is 2.45. The maximum atomic E-state index is 10.5. The zero-order valence-corrected chi connectivity index (χ0v) is 38.4. The Morgan fingerprint density at radius 1 is 0.571 bits per heavy atom. The van der Waals surface area contributed by atoms with Crippen molar-refractivity contribution >= 4 is 74.1 Å². The number of ether oxygens (including phenoxy) is 4. The van der Waals surface area contributed by atoms with Gasteiger partial charge in [0.1, 0.15) is 91.6 Å². The van der Waals surface area contributed by atoms with Crippen molar-refractivity contribution in [1.29, 1.82) is 0 Å². The molecule has 0 radical (unpaired) electrons. The van der Waals surface area contributed by atoms with Gasteiger partial charge in [-0.2, -0.15) is 0 Å². The Balaban J connectivity index is 0.000000470. The van der Waals surface area contributed by atoms with Gasteiger partial charge in [-0.25, -0.2) is 60.0 Å². The summed E-state index contributed by atoms with van der Waals surface area (Å²) in [6.45, 7) is -3.60. The van der Waals surface area contributed by atoms with Crippen LogP contribution in [0.5, 0.6) is 0 Å². The summed E-state index contributed by atoms with van der Waals surface area (Å²) < 4.78 is 222. The molecule has 70 heavy (non-hydrogen) atoms. The highest BCUT2D eigenvalue weighted by Crippen LogP contribution is 2.22. The molecule has 15 atom stereocenters. The van der Waals surface area contributed by atoms with Crippen molar-refractivity contribution in [2.24, 2.45) is 0 Å². The third-order valence-electron chi connectivity index (χ3n) is 8.19. The normalized spacial score (nSPS) is 33.2. The van der Waals surface area contributed by atoms with E-state index in [9.17, 15) is 138 Å². The Kier molecular flexibility index (Phi) is 24.7. The van der Waals surface area contributed by atoms with Crippen molar-refractivity contribution in [2.75, 3.05) is 33.0 Å². The van der Waals surface area contributed by atoms with Crippen LogP contribution in [0.15, 0.2) is 11.8 Å². The van der Waals surface area contributed by atoms with Gasteiger partial charge in [-0.3, -0.25) is 16.7 Å². The Morgan fingerprint density at radius 2 is 1.04 bits per heavy atom. The number of rotatable bonds is 16. The molecular weight excluding hydrogens is 1120 g/mol. The van der Waals surface area contributed by atoms with Crippen LogP contribution < -0.4 is 19.7 Å². The number of aliphatic hydroxyl groups excluding tert-OH is 8. The van der Waals surface area contributed by atoms with E-state index < -0.39 is 205 Å². The van der Waals surface area contributed by atoms with Crippen LogP contribution in [0.2, 0.25) is 0 Å². The van der Waals surface area contributed by atoms with E-state index in [4.69, 9.17) is 4.74 Å². The largest absolute Gasteiger partial charge is 0.735 e. The topological polar surface area (TPSA) is 683 Å². The van der Waals surface area contributed by atoms with Crippen molar-refractivity contribution in [1.82, 2.24) is 9.44 Å². The number of aliphatic carboxylic acids is 2. The molecule has 0 amide bonds. The van der Waals surface area contributed by atoms with E-state index in [2.05, 4.69) is 30.9 Å². The molecular formula is C24H36N2O38S6-8. The number of hydrogen-bond donors (Lipinski definition) is 10. The lowest BCUT2D eigenvalue weighted by Crippen LogP contribution is -2.64. The number of aliphatic hydroxyl groups is 8. The molecule has 0 saturated carbocycles. The van der Waals surface area contributed by atoms with Crippen LogP contribution in [0.4, 0.5) is 0 Å². The van der Waals surface area contributed by atoms with Crippen molar-refractivity contribution in [3.8, 4) is 0 Å².